The second-order valence-electron chi connectivity index (χ2n) is 7.31. The van der Waals surface area contributed by atoms with E-state index in [1.54, 1.807) is 13.4 Å². The van der Waals surface area contributed by atoms with Crippen molar-refractivity contribution in [3.63, 3.8) is 0 Å². The van der Waals surface area contributed by atoms with E-state index >= 15 is 0 Å². The van der Waals surface area contributed by atoms with Crippen LogP contribution in [0.3, 0.4) is 0 Å². The molecule has 3 heterocycles. The van der Waals surface area contributed by atoms with Gasteiger partial charge in [0, 0.05) is 59.3 Å². The van der Waals surface area contributed by atoms with Gasteiger partial charge in [0.05, 0.1) is 26.0 Å². The summed E-state index contributed by atoms with van der Waals surface area (Å²) in [7, 11) is 1.69. The summed E-state index contributed by atoms with van der Waals surface area (Å²) in [5, 5.41) is 3.45. The van der Waals surface area contributed by atoms with Gasteiger partial charge in [-0.15, -0.1) is 24.0 Å². The lowest BCUT2D eigenvalue weighted by molar-refractivity contribution is -0.131. The van der Waals surface area contributed by atoms with Crippen LogP contribution in [0.1, 0.15) is 18.6 Å². The highest BCUT2D eigenvalue weighted by molar-refractivity contribution is 14.0. The van der Waals surface area contributed by atoms with Crippen LogP contribution in [0.2, 0.25) is 0 Å². The molecule has 0 bridgehead atoms. The Morgan fingerprint density at radius 2 is 1.93 bits per heavy atom. The molecule has 0 radical (unpaired) electrons. The van der Waals surface area contributed by atoms with E-state index in [4.69, 9.17) is 9.15 Å². The fraction of sp³-hybridized carbons (Fsp3) is 0.700. The molecule has 0 unspecified atom stereocenters. The first kappa shape index (κ1) is 23.9. The number of nitrogens with zero attached hydrogens (tertiary/aromatic N) is 4. The van der Waals surface area contributed by atoms with Crippen molar-refractivity contribution in [1.82, 2.24) is 20.0 Å². The summed E-state index contributed by atoms with van der Waals surface area (Å²) < 4.78 is 10.5. The van der Waals surface area contributed by atoms with Crippen LogP contribution in [0.5, 0.6) is 0 Å². The monoisotopic (exact) mass is 519 g/mol. The van der Waals surface area contributed by atoms with Gasteiger partial charge in [0.25, 0.3) is 0 Å². The molecule has 0 aliphatic carbocycles. The van der Waals surface area contributed by atoms with Gasteiger partial charge >= 0.3 is 0 Å². The Morgan fingerprint density at radius 3 is 2.59 bits per heavy atom. The summed E-state index contributed by atoms with van der Waals surface area (Å²) in [6, 6.07) is 3.89. The highest BCUT2D eigenvalue weighted by Gasteiger charge is 2.24. The molecule has 2 saturated heterocycles. The number of amides is 1. The zero-order valence-electron chi connectivity index (χ0n) is 17.3. The van der Waals surface area contributed by atoms with E-state index in [2.05, 4.69) is 20.1 Å². The quantitative estimate of drug-likeness (QED) is 0.242. The summed E-state index contributed by atoms with van der Waals surface area (Å²) in [4.78, 5) is 23.6. The number of hydrogen-bond donors (Lipinski definition) is 1. The Kier molecular flexibility index (Phi) is 10.8. The number of aliphatic imine (C=N–C) groups is 1. The molecule has 0 atom stereocenters. The number of carbonyl (C=O) groups excluding carboxylic acids is 1. The van der Waals surface area contributed by atoms with Crippen LogP contribution >= 0.6 is 24.0 Å². The van der Waals surface area contributed by atoms with Gasteiger partial charge in [0.1, 0.15) is 5.76 Å². The SMILES string of the molecule is COCCN=C(NCCc1ccco1)N1CCN(CC(=O)N2CCCC2)CC1.I. The Hall–Kier alpha value is -1.33. The number of nitrogens with one attached hydrogen (secondary N) is 1. The second-order valence-corrected chi connectivity index (χ2v) is 7.31. The summed E-state index contributed by atoms with van der Waals surface area (Å²) in [6.07, 6.45) is 4.81. The average molecular weight is 519 g/mol. The molecule has 0 aromatic carbocycles. The lowest BCUT2D eigenvalue weighted by Gasteiger charge is -2.36. The maximum Gasteiger partial charge on any atom is 0.236 e. The highest BCUT2D eigenvalue weighted by atomic mass is 127. The number of hydrogen-bond acceptors (Lipinski definition) is 5. The smallest absolute Gasteiger partial charge is 0.236 e. The van der Waals surface area contributed by atoms with Crippen LogP contribution in [0, 0.1) is 0 Å². The molecule has 2 aliphatic rings. The van der Waals surface area contributed by atoms with Crippen LogP contribution in [-0.2, 0) is 16.0 Å². The van der Waals surface area contributed by atoms with Gasteiger partial charge in [-0.2, -0.15) is 0 Å². The first-order valence-corrected chi connectivity index (χ1v) is 10.3. The Bertz CT molecular complexity index is 612. The minimum Gasteiger partial charge on any atom is -0.469 e. The first-order valence-electron chi connectivity index (χ1n) is 10.3. The van der Waals surface area contributed by atoms with Crippen molar-refractivity contribution in [2.45, 2.75) is 19.3 Å². The minimum absolute atomic E-state index is 0. The normalized spacial score (nSPS) is 18.0. The van der Waals surface area contributed by atoms with Crippen molar-refractivity contribution in [3.8, 4) is 0 Å². The summed E-state index contributed by atoms with van der Waals surface area (Å²) in [5.41, 5.74) is 0. The molecule has 2 aliphatic heterocycles. The van der Waals surface area contributed by atoms with E-state index in [1.807, 2.05) is 17.0 Å². The van der Waals surface area contributed by atoms with Crippen molar-refractivity contribution >= 4 is 35.8 Å². The fourth-order valence-corrected chi connectivity index (χ4v) is 3.64. The molecule has 0 spiro atoms. The molecule has 3 rings (SSSR count). The highest BCUT2D eigenvalue weighted by Crippen LogP contribution is 2.09. The maximum absolute atomic E-state index is 12.4. The molecule has 0 saturated carbocycles. The molecular weight excluding hydrogens is 485 g/mol. The van der Waals surface area contributed by atoms with Gasteiger partial charge < -0.3 is 24.3 Å². The third-order valence-corrected chi connectivity index (χ3v) is 5.28. The third kappa shape index (κ3) is 7.78. The molecular formula is C20H34IN5O3. The summed E-state index contributed by atoms with van der Waals surface area (Å²) >= 11 is 0. The number of methoxy groups -OCH3 is 1. The number of rotatable bonds is 8. The van der Waals surface area contributed by atoms with Crippen LogP contribution in [0.4, 0.5) is 0 Å². The van der Waals surface area contributed by atoms with Crippen molar-refractivity contribution in [1.29, 1.82) is 0 Å². The average Bonchev–Trinajstić information content (AvgIpc) is 3.42. The molecule has 9 heteroatoms. The molecule has 8 nitrogen and oxygen atoms in total. The molecule has 29 heavy (non-hydrogen) atoms. The standard InChI is InChI=1S/C20H33N5O3.HI/c1-27-16-8-22-20(21-7-6-18-5-4-15-28-18)25-13-11-23(12-14-25)17-19(26)24-9-2-3-10-24;/h4-5,15H,2-3,6-14,16-17H2,1H3,(H,21,22);1H. The lowest BCUT2D eigenvalue weighted by Crippen LogP contribution is -2.54. The fourth-order valence-electron chi connectivity index (χ4n) is 3.64. The first-order chi connectivity index (χ1) is 13.8. The van der Waals surface area contributed by atoms with Crippen LogP contribution in [-0.4, -0.2) is 99.2 Å². The van der Waals surface area contributed by atoms with E-state index in [-0.39, 0.29) is 29.9 Å². The topological polar surface area (TPSA) is 73.5 Å². The van der Waals surface area contributed by atoms with Gasteiger partial charge in [-0.05, 0) is 25.0 Å². The van der Waals surface area contributed by atoms with Gasteiger partial charge in [0.2, 0.25) is 5.91 Å². The van der Waals surface area contributed by atoms with Gasteiger partial charge in [-0.3, -0.25) is 14.7 Å². The Morgan fingerprint density at radius 1 is 1.17 bits per heavy atom. The van der Waals surface area contributed by atoms with E-state index in [0.717, 1.165) is 76.8 Å². The molecule has 1 aromatic rings. The number of carbonyl (C=O) groups is 1. The predicted molar refractivity (Wildman–Crippen MR) is 124 cm³/mol. The number of ether oxygens (including phenoxy) is 1. The lowest BCUT2D eigenvalue weighted by atomic mass is 10.3. The maximum atomic E-state index is 12.4. The van der Waals surface area contributed by atoms with Gasteiger partial charge in [0.15, 0.2) is 5.96 Å². The largest absolute Gasteiger partial charge is 0.469 e. The zero-order chi connectivity index (χ0) is 19.6. The molecule has 1 N–H and O–H groups in total. The Labute approximate surface area is 190 Å². The van der Waals surface area contributed by atoms with Crippen LogP contribution in [0.25, 0.3) is 0 Å². The molecule has 164 valence electrons. The number of likely N-dealkylation sites (tertiary alicyclic amines) is 1. The van der Waals surface area contributed by atoms with E-state index in [9.17, 15) is 4.79 Å². The van der Waals surface area contributed by atoms with Gasteiger partial charge in [-0.25, -0.2) is 0 Å². The van der Waals surface area contributed by atoms with Crippen molar-refractivity contribution in [2.75, 3.05) is 72.6 Å². The van der Waals surface area contributed by atoms with Crippen LogP contribution < -0.4 is 5.32 Å². The minimum atomic E-state index is 0. The number of guanidine groups is 1. The molecule has 2 fully saturated rings. The van der Waals surface area contributed by atoms with Crippen molar-refractivity contribution in [2.24, 2.45) is 4.99 Å². The predicted octanol–water partition coefficient (Wildman–Crippen LogP) is 1.27. The van der Waals surface area contributed by atoms with E-state index in [1.165, 1.54) is 0 Å². The number of furan rings is 1. The van der Waals surface area contributed by atoms with Crippen molar-refractivity contribution < 1.29 is 13.9 Å². The van der Waals surface area contributed by atoms with Crippen LogP contribution in [0.15, 0.2) is 27.8 Å². The van der Waals surface area contributed by atoms with Gasteiger partial charge in [-0.1, -0.05) is 0 Å². The molecule has 1 aromatic heterocycles. The summed E-state index contributed by atoms with van der Waals surface area (Å²) in [6.45, 7) is 7.89. The zero-order valence-corrected chi connectivity index (χ0v) is 19.7. The number of halogens is 1. The number of piperazine rings is 1. The molecule has 1 amide bonds. The summed E-state index contributed by atoms with van der Waals surface area (Å²) in [5.74, 6) is 2.15. The van der Waals surface area contributed by atoms with E-state index in [0.29, 0.717) is 19.7 Å². The van der Waals surface area contributed by atoms with Crippen molar-refractivity contribution in [3.05, 3.63) is 24.2 Å². The Balaban J connectivity index is 0.00000300. The third-order valence-electron chi connectivity index (χ3n) is 5.28. The van der Waals surface area contributed by atoms with E-state index < -0.39 is 0 Å². The second kappa shape index (κ2) is 13.1.